The lowest BCUT2D eigenvalue weighted by molar-refractivity contribution is -0.157. The Morgan fingerprint density at radius 2 is 1.50 bits per heavy atom. The lowest BCUT2D eigenvalue weighted by atomic mass is 10.0. The minimum absolute atomic E-state index is 0.172. The van der Waals surface area contributed by atoms with Crippen LogP contribution in [0.1, 0.15) is 34.6 Å². The molecule has 0 fully saturated rings. The SMILES string of the molecule is CC(C)C(C(=O)OC(C)(C)C)N(c1ccc(-c2ccc(O)cc2)cc1)S(=O)[O-]. The Balaban J connectivity index is 2.37. The second-order valence-corrected chi connectivity index (χ2v) is 8.69. The van der Waals surface area contributed by atoms with Crippen LogP contribution in [-0.2, 0) is 20.8 Å². The van der Waals surface area contributed by atoms with Crippen molar-refractivity contribution >= 4 is 22.9 Å². The molecule has 7 heteroatoms. The molecule has 2 atom stereocenters. The third kappa shape index (κ3) is 5.56. The van der Waals surface area contributed by atoms with Crippen molar-refractivity contribution in [3.05, 3.63) is 48.5 Å². The van der Waals surface area contributed by atoms with E-state index in [0.717, 1.165) is 15.4 Å². The first kappa shape index (κ1) is 21.9. The predicted molar refractivity (Wildman–Crippen MR) is 109 cm³/mol. The van der Waals surface area contributed by atoms with Crippen LogP contribution in [0.2, 0.25) is 0 Å². The predicted octanol–water partition coefficient (Wildman–Crippen LogP) is 4.03. The number of benzene rings is 2. The van der Waals surface area contributed by atoms with E-state index in [0.29, 0.717) is 5.69 Å². The maximum Gasteiger partial charge on any atom is 0.330 e. The molecule has 0 radical (unpaired) electrons. The van der Waals surface area contributed by atoms with Crippen molar-refractivity contribution in [2.75, 3.05) is 4.31 Å². The van der Waals surface area contributed by atoms with Crippen molar-refractivity contribution in [1.29, 1.82) is 0 Å². The van der Waals surface area contributed by atoms with Gasteiger partial charge in [0.25, 0.3) is 0 Å². The van der Waals surface area contributed by atoms with E-state index in [1.165, 1.54) is 0 Å². The fourth-order valence-electron chi connectivity index (χ4n) is 2.79. The lowest BCUT2D eigenvalue weighted by Crippen LogP contribution is -2.48. The molecule has 0 bridgehead atoms. The minimum Gasteiger partial charge on any atom is -0.755 e. The number of carbonyl (C=O) groups is 1. The molecule has 0 saturated carbocycles. The van der Waals surface area contributed by atoms with Crippen molar-refractivity contribution in [2.24, 2.45) is 5.92 Å². The standard InChI is InChI=1S/C21H27NO5S/c1-14(2)19(20(24)27-21(3,4)5)22(28(25)26)17-10-6-15(7-11-17)16-8-12-18(23)13-9-16/h6-14,19,23H,1-5H3,(H,25,26)/p-1. The van der Waals surface area contributed by atoms with Gasteiger partial charge in [-0.05, 0) is 62.1 Å². The molecule has 0 amide bonds. The van der Waals surface area contributed by atoms with Crippen LogP contribution in [0.15, 0.2) is 48.5 Å². The van der Waals surface area contributed by atoms with Crippen LogP contribution in [0.5, 0.6) is 5.75 Å². The summed E-state index contributed by atoms with van der Waals surface area (Å²) in [6, 6.07) is 12.6. The van der Waals surface area contributed by atoms with Gasteiger partial charge in [-0.25, -0.2) is 4.79 Å². The molecule has 0 saturated heterocycles. The molecule has 2 unspecified atom stereocenters. The van der Waals surface area contributed by atoms with Gasteiger partial charge in [0.15, 0.2) is 0 Å². The van der Waals surface area contributed by atoms with E-state index < -0.39 is 28.9 Å². The Hall–Kier alpha value is -2.38. The van der Waals surface area contributed by atoms with Crippen LogP contribution in [0.4, 0.5) is 5.69 Å². The number of ether oxygens (including phenoxy) is 1. The van der Waals surface area contributed by atoms with Crippen molar-refractivity contribution in [3.8, 4) is 16.9 Å². The summed E-state index contributed by atoms with van der Waals surface area (Å²) in [6.45, 7) is 8.78. The molecule has 0 spiro atoms. The van der Waals surface area contributed by atoms with E-state index in [4.69, 9.17) is 4.74 Å². The van der Waals surface area contributed by atoms with Gasteiger partial charge in [0.05, 0.1) is 0 Å². The van der Waals surface area contributed by atoms with Crippen LogP contribution in [-0.4, -0.2) is 31.5 Å². The van der Waals surface area contributed by atoms with Gasteiger partial charge < -0.3 is 14.4 Å². The Morgan fingerprint density at radius 1 is 1.04 bits per heavy atom. The molecule has 28 heavy (non-hydrogen) atoms. The zero-order valence-corrected chi connectivity index (χ0v) is 17.5. The molecule has 2 rings (SSSR count). The van der Waals surface area contributed by atoms with Crippen molar-refractivity contribution in [3.63, 3.8) is 0 Å². The zero-order chi connectivity index (χ0) is 21.1. The number of esters is 1. The average Bonchev–Trinajstić information content (AvgIpc) is 2.58. The first-order valence-corrected chi connectivity index (χ1v) is 10.0. The summed E-state index contributed by atoms with van der Waals surface area (Å²) in [4.78, 5) is 12.7. The maximum atomic E-state index is 12.7. The quantitative estimate of drug-likeness (QED) is 0.580. The first-order valence-electron chi connectivity index (χ1n) is 9.00. The molecule has 0 aliphatic carbocycles. The van der Waals surface area contributed by atoms with Gasteiger partial charge in [-0.15, -0.1) is 0 Å². The highest BCUT2D eigenvalue weighted by Crippen LogP contribution is 2.28. The van der Waals surface area contributed by atoms with Crippen LogP contribution in [0.3, 0.4) is 0 Å². The summed E-state index contributed by atoms with van der Waals surface area (Å²) in [6.07, 6.45) is 0. The van der Waals surface area contributed by atoms with E-state index in [1.54, 1.807) is 83.1 Å². The Labute approximate surface area is 168 Å². The van der Waals surface area contributed by atoms with Crippen LogP contribution < -0.4 is 4.31 Å². The molecular formula is C21H26NO5S-. The Bertz CT molecular complexity index is 825. The molecule has 2 aromatic carbocycles. The summed E-state index contributed by atoms with van der Waals surface area (Å²) in [5, 5.41) is 9.41. The van der Waals surface area contributed by atoms with E-state index in [-0.39, 0.29) is 11.7 Å². The largest absolute Gasteiger partial charge is 0.755 e. The maximum absolute atomic E-state index is 12.7. The molecule has 0 aromatic heterocycles. The molecule has 1 N–H and O–H groups in total. The number of rotatable bonds is 6. The van der Waals surface area contributed by atoms with Gasteiger partial charge in [0, 0.05) is 17.0 Å². The number of aromatic hydroxyl groups is 1. The van der Waals surface area contributed by atoms with Gasteiger partial charge in [-0.3, -0.25) is 8.51 Å². The Kier molecular flexibility index (Phi) is 6.85. The average molecular weight is 405 g/mol. The summed E-state index contributed by atoms with van der Waals surface area (Å²) < 4.78 is 30.5. The number of nitrogens with zero attached hydrogens (tertiary/aromatic N) is 1. The van der Waals surface area contributed by atoms with Gasteiger partial charge in [0.1, 0.15) is 17.4 Å². The number of hydrogen-bond acceptors (Lipinski definition) is 5. The van der Waals surface area contributed by atoms with Crippen molar-refractivity contribution in [2.45, 2.75) is 46.3 Å². The van der Waals surface area contributed by atoms with E-state index in [1.807, 2.05) is 0 Å². The normalized spacial score (nSPS) is 13.8. The van der Waals surface area contributed by atoms with Gasteiger partial charge in [-0.1, -0.05) is 38.1 Å². The summed E-state index contributed by atoms with van der Waals surface area (Å²) >= 11 is -2.66. The number of phenolic OH excluding ortho intramolecular Hbond substituents is 1. The van der Waals surface area contributed by atoms with Gasteiger partial charge in [-0.2, -0.15) is 0 Å². The molecule has 0 aliphatic rings. The molecular weight excluding hydrogens is 378 g/mol. The second-order valence-electron chi connectivity index (χ2n) is 7.86. The van der Waals surface area contributed by atoms with Crippen LogP contribution in [0.25, 0.3) is 11.1 Å². The van der Waals surface area contributed by atoms with Crippen molar-refractivity contribution in [1.82, 2.24) is 0 Å². The van der Waals surface area contributed by atoms with E-state index >= 15 is 0 Å². The minimum atomic E-state index is -2.66. The number of phenols is 1. The van der Waals surface area contributed by atoms with E-state index in [9.17, 15) is 18.7 Å². The number of carbonyl (C=O) groups excluding carboxylic acids is 1. The molecule has 0 aliphatic heterocycles. The highest BCUT2D eigenvalue weighted by Gasteiger charge is 2.34. The number of anilines is 1. The lowest BCUT2D eigenvalue weighted by Gasteiger charge is -2.36. The van der Waals surface area contributed by atoms with Gasteiger partial charge >= 0.3 is 5.97 Å². The zero-order valence-electron chi connectivity index (χ0n) is 16.7. The fourth-order valence-corrected chi connectivity index (χ4v) is 3.60. The monoisotopic (exact) mass is 404 g/mol. The molecule has 0 heterocycles. The first-order chi connectivity index (χ1) is 13.0. The highest BCUT2D eigenvalue weighted by molar-refractivity contribution is 7.80. The molecule has 6 nitrogen and oxygen atoms in total. The molecule has 2 aromatic rings. The topological polar surface area (TPSA) is 89.9 Å². The fraction of sp³-hybridized carbons (Fsp3) is 0.381. The third-order valence-corrected chi connectivity index (χ3v) is 4.77. The highest BCUT2D eigenvalue weighted by atomic mass is 32.2. The summed E-state index contributed by atoms with van der Waals surface area (Å²) in [7, 11) is 0. The number of hydrogen-bond donors (Lipinski definition) is 1. The summed E-state index contributed by atoms with van der Waals surface area (Å²) in [5.41, 5.74) is 1.40. The van der Waals surface area contributed by atoms with Crippen LogP contribution >= 0.6 is 0 Å². The van der Waals surface area contributed by atoms with E-state index in [2.05, 4.69) is 0 Å². The van der Waals surface area contributed by atoms with Crippen molar-refractivity contribution < 1.29 is 23.4 Å². The third-order valence-electron chi connectivity index (χ3n) is 4.02. The Morgan fingerprint density at radius 3 is 1.89 bits per heavy atom. The second kappa shape index (κ2) is 8.75. The molecule has 152 valence electrons. The summed E-state index contributed by atoms with van der Waals surface area (Å²) in [5.74, 6) is -0.704. The van der Waals surface area contributed by atoms with Gasteiger partial charge in [0.2, 0.25) is 0 Å². The smallest absolute Gasteiger partial charge is 0.330 e. The van der Waals surface area contributed by atoms with Crippen LogP contribution in [0, 0.1) is 5.92 Å².